The van der Waals surface area contributed by atoms with Crippen molar-refractivity contribution in [3.8, 4) is 0 Å². The molecule has 0 aromatic heterocycles. The van der Waals surface area contributed by atoms with Crippen LogP contribution in [0.25, 0.3) is 0 Å². The summed E-state index contributed by atoms with van der Waals surface area (Å²) in [5.74, 6) is 0.314. The summed E-state index contributed by atoms with van der Waals surface area (Å²) in [6, 6.07) is -0.648. The fourth-order valence-electron chi connectivity index (χ4n) is 1.08. The van der Waals surface area contributed by atoms with Gasteiger partial charge in [-0.25, -0.2) is 8.42 Å². The zero-order valence-electron chi connectivity index (χ0n) is 7.39. The van der Waals surface area contributed by atoms with Gasteiger partial charge in [-0.3, -0.25) is 4.79 Å². The molecule has 0 saturated carbocycles. The van der Waals surface area contributed by atoms with Crippen LogP contribution in [0.3, 0.4) is 0 Å². The van der Waals surface area contributed by atoms with Crippen LogP contribution >= 0.6 is 11.8 Å². The highest BCUT2D eigenvalue weighted by Gasteiger charge is 2.37. The molecule has 1 aliphatic heterocycles. The van der Waals surface area contributed by atoms with Gasteiger partial charge in [-0.15, -0.1) is 11.8 Å². The van der Waals surface area contributed by atoms with E-state index >= 15 is 0 Å². The molecule has 0 aromatic carbocycles. The Kier molecular flexibility index (Phi) is 3.20. The number of carbonyl (C=O) groups is 1. The summed E-state index contributed by atoms with van der Waals surface area (Å²) in [6.45, 7) is 0. The van der Waals surface area contributed by atoms with Crippen molar-refractivity contribution >= 4 is 27.8 Å². The van der Waals surface area contributed by atoms with Crippen LogP contribution < -0.4 is 0 Å². The first-order chi connectivity index (χ1) is 5.96. The molecule has 0 radical (unpaired) electrons. The van der Waals surface area contributed by atoms with Gasteiger partial charge in [0.1, 0.15) is 6.04 Å². The van der Waals surface area contributed by atoms with Crippen molar-refractivity contribution in [3.05, 3.63) is 0 Å². The van der Waals surface area contributed by atoms with E-state index in [2.05, 4.69) is 4.74 Å². The number of methoxy groups -OCH3 is 1. The summed E-state index contributed by atoms with van der Waals surface area (Å²) >= 11 is 1.41. The van der Waals surface area contributed by atoms with E-state index in [4.69, 9.17) is 0 Å². The molecule has 1 aliphatic rings. The van der Waals surface area contributed by atoms with Crippen LogP contribution in [0.15, 0.2) is 0 Å². The minimum absolute atomic E-state index is 0.332. The van der Waals surface area contributed by atoms with Crippen molar-refractivity contribution < 1.29 is 17.9 Å². The molecular formula is C6H11NO4S2. The molecule has 5 nitrogen and oxygen atoms in total. The van der Waals surface area contributed by atoms with Crippen LogP contribution in [-0.4, -0.2) is 49.7 Å². The number of hydrogen-bond acceptors (Lipinski definition) is 5. The fraction of sp³-hybridized carbons (Fsp3) is 0.833. The summed E-state index contributed by atoms with van der Waals surface area (Å²) in [7, 11) is -2.04. The molecule has 0 N–H and O–H groups in total. The molecule has 0 unspecified atom stereocenters. The maximum Gasteiger partial charge on any atom is 0.325 e. The molecule has 13 heavy (non-hydrogen) atoms. The first-order valence-electron chi connectivity index (χ1n) is 3.59. The Bertz CT molecular complexity index is 300. The lowest BCUT2D eigenvalue weighted by Gasteiger charge is -2.18. The van der Waals surface area contributed by atoms with Crippen molar-refractivity contribution in [1.29, 1.82) is 0 Å². The Morgan fingerprint density at radius 1 is 1.62 bits per heavy atom. The third-order valence-corrected chi connectivity index (χ3v) is 4.15. The van der Waals surface area contributed by atoms with E-state index in [1.54, 1.807) is 0 Å². The quantitative estimate of drug-likeness (QED) is 0.592. The molecule has 7 heteroatoms. The Morgan fingerprint density at radius 2 is 2.23 bits per heavy atom. The predicted octanol–water partition coefficient (Wildman–Crippen LogP) is -0.506. The van der Waals surface area contributed by atoms with E-state index in [1.165, 1.54) is 18.9 Å². The number of esters is 1. The fourth-order valence-corrected chi connectivity index (χ4v) is 3.79. The van der Waals surface area contributed by atoms with E-state index in [-0.39, 0.29) is 0 Å². The number of hydrogen-bond donors (Lipinski definition) is 0. The smallest absolute Gasteiger partial charge is 0.325 e. The van der Waals surface area contributed by atoms with Gasteiger partial charge in [0, 0.05) is 5.75 Å². The van der Waals surface area contributed by atoms with E-state index in [9.17, 15) is 13.2 Å². The lowest BCUT2D eigenvalue weighted by molar-refractivity contribution is -0.143. The van der Waals surface area contributed by atoms with E-state index in [0.717, 1.165) is 10.6 Å². The van der Waals surface area contributed by atoms with Crippen LogP contribution in [-0.2, 0) is 19.6 Å². The van der Waals surface area contributed by atoms with E-state index < -0.39 is 22.0 Å². The molecule has 0 spiro atoms. The van der Waals surface area contributed by atoms with Gasteiger partial charge in [0.2, 0.25) is 10.0 Å². The van der Waals surface area contributed by atoms with Gasteiger partial charge in [0.25, 0.3) is 0 Å². The molecule has 0 aromatic rings. The van der Waals surface area contributed by atoms with Crippen molar-refractivity contribution in [1.82, 2.24) is 4.31 Å². The van der Waals surface area contributed by atoms with Crippen LogP contribution in [0.2, 0.25) is 0 Å². The first kappa shape index (κ1) is 10.8. The minimum Gasteiger partial charge on any atom is -0.468 e. The van der Waals surface area contributed by atoms with Crippen LogP contribution in [0.5, 0.6) is 0 Å². The molecule has 0 aliphatic carbocycles. The largest absolute Gasteiger partial charge is 0.468 e. The average Bonchev–Trinajstić information content (AvgIpc) is 2.49. The summed E-state index contributed by atoms with van der Waals surface area (Å²) in [5.41, 5.74) is 0. The highest BCUT2D eigenvalue weighted by molar-refractivity contribution is 8.00. The van der Waals surface area contributed by atoms with Gasteiger partial charge in [0.05, 0.1) is 19.2 Å². The van der Waals surface area contributed by atoms with Gasteiger partial charge in [-0.05, 0) is 0 Å². The SMILES string of the molecule is COC(=O)[C@@H]1CSCN1S(C)(=O)=O. The maximum atomic E-state index is 11.2. The molecule has 1 saturated heterocycles. The maximum absolute atomic E-state index is 11.2. The number of thioether (sulfide) groups is 1. The van der Waals surface area contributed by atoms with Crippen molar-refractivity contribution in [2.45, 2.75) is 6.04 Å². The molecule has 0 bridgehead atoms. The predicted molar refractivity (Wildman–Crippen MR) is 49.8 cm³/mol. The number of nitrogens with zero attached hydrogens (tertiary/aromatic N) is 1. The van der Waals surface area contributed by atoms with Gasteiger partial charge in [-0.2, -0.15) is 4.31 Å². The van der Waals surface area contributed by atoms with Gasteiger partial charge in [0.15, 0.2) is 0 Å². The molecule has 0 amide bonds. The van der Waals surface area contributed by atoms with Crippen LogP contribution in [0.4, 0.5) is 0 Å². The molecule has 1 fully saturated rings. The summed E-state index contributed by atoms with van der Waals surface area (Å²) in [6.07, 6.45) is 1.09. The normalized spacial score (nSPS) is 24.6. The number of rotatable bonds is 2. The summed E-state index contributed by atoms with van der Waals surface area (Å²) in [5, 5.41) is 0. The molecule has 1 rings (SSSR count). The first-order valence-corrected chi connectivity index (χ1v) is 6.59. The van der Waals surface area contributed by atoms with Crippen molar-refractivity contribution in [3.63, 3.8) is 0 Å². The molecule has 1 atom stereocenters. The summed E-state index contributed by atoms with van der Waals surface area (Å²) in [4.78, 5) is 11.1. The number of ether oxygens (including phenoxy) is 1. The third kappa shape index (κ3) is 2.35. The average molecular weight is 225 g/mol. The zero-order chi connectivity index (χ0) is 10.1. The second kappa shape index (κ2) is 3.85. The minimum atomic E-state index is -3.30. The molecule has 76 valence electrons. The van der Waals surface area contributed by atoms with Gasteiger partial charge in [-0.1, -0.05) is 0 Å². The lowest BCUT2D eigenvalue weighted by atomic mass is 10.3. The Balaban J connectivity index is 2.82. The Morgan fingerprint density at radius 3 is 2.69 bits per heavy atom. The number of sulfonamides is 1. The molecule has 1 heterocycles. The van der Waals surface area contributed by atoms with Gasteiger partial charge < -0.3 is 4.74 Å². The van der Waals surface area contributed by atoms with Crippen molar-refractivity contribution in [2.24, 2.45) is 0 Å². The highest BCUT2D eigenvalue weighted by atomic mass is 32.2. The molecular weight excluding hydrogens is 214 g/mol. The lowest BCUT2D eigenvalue weighted by Crippen LogP contribution is -2.41. The Hall–Kier alpha value is -0.270. The third-order valence-electron chi connectivity index (χ3n) is 1.74. The monoisotopic (exact) mass is 225 g/mol. The number of carbonyl (C=O) groups excluding carboxylic acids is 1. The van der Waals surface area contributed by atoms with E-state index in [0.29, 0.717) is 11.6 Å². The van der Waals surface area contributed by atoms with Crippen LogP contribution in [0, 0.1) is 0 Å². The summed E-state index contributed by atoms with van der Waals surface area (Å²) < 4.78 is 28.0. The highest BCUT2D eigenvalue weighted by Crippen LogP contribution is 2.23. The topological polar surface area (TPSA) is 63.7 Å². The second-order valence-electron chi connectivity index (χ2n) is 2.69. The second-order valence-corrected chi connectivity index (χ2v) is 5.62. The van der Waals surface area contributed by atoms with Crippen LogP contribution in [0.1, 0.15) is 0 Å². The van der Waals surface area contributed by atoms with Crippen molar-refractivity contribution in [2.75, 3.05) is 25.0 Å². The van der Waals surface area contributed by atoms with E-state index in [1.807, 2.05) is 0 Å². The standard InChI is InChI=1S/C6H11NO4S2/c1-11-6(8)5-3-12-4-7(5)13(2,9)10/h5H,3-4H2,1-2H3/t5-/m0/s1. The zero-order valence-corrected chi connectivity index (χ0v) is 9.02. The Labute approximate surface area is 81.5 Å². The van der Waals surface area contributed by atoms with Gasteiger partial charge >= 0.3 is 5.97 Å².